The Bertz CT molecular complexity index is 446. The molecule has 0 spiro atoms. The molecule has 0 unspecified atom stereocenters. The summed E-state index contributed by atoms with van der Waals surface area (Å²) in [5.74, 6) is -0.137. The summed E-state index contributed by atoms with van der Waals surface area (Å²) in [6, 6.07) is 6.66. The van der Waals surface area contributed by atoms with Crippen LogP contribution < -0.4 is 10.2 Å². The number of carbonyl (C=O) groups excluding carboxylic acids is 1. The van der Waals surface area contributed by atoms with Gasteiger partial charge in [0.05, 0.1) is 7.11 Å². The maximum atomic E-state index is 10.9. The second-order valence-electron chi connectivity index (χ2n) is 4.99. The molecular weight excluding hydrogens is 240 g/mol. The van der Waals surface area contributed by atoms with Gasteiger partial charge in [0.1, 0.15) is 0 Å². The molecule has 4 heteroatoms. The number of fused-ring (bicyclic) bond motifs is 1. The maximum Gasteiger partial charge on any atom is 0.305 e. The van der Waals surface area contributed by atoms with E-state index in [1.54, 1.807) is 0 Å². The average molecular weight is 262 g/mol. The number of nitrogens with zero attached hydrogens (tertiary/aromatic N) is 1. The Morgan fingerprint density at radius 2 is 2.32 bits per heavy atom. The van der Waals surface area contributed by atoms with Gasteiger partial charge in [0, 0.05) is 32.2 Å². The minimum Gasteiger partial charge on any atom is -0.469 e. The number of nitrogens with one attached hydrogen (secondary N) is 1. The van der Waals surface area contributed by atoms with Gasteiger partial charge in [-0.15, -0.1) is 0 Å². The smallest absolute Gasteiger partial charge is 0.305 e. The molecule has 1 aromatic rings. The third-order valence-corrected chi connectivity index (χ3v) is 3.56. The number of esters is 1. The van der Waals surface area contributed by atoms with Gasteiger partial charge in [-0.05, 0) is 36.6 Å². The van der Waals surface area contributed by atoms with Crippen LogP contribution in [0.25, 0.3) is 0 Å². The number of anilines is 1. The molecule has 1 aromatic carbocycles. The van der Waals surface area contributed by atoms with E-state index in [1.165, 1.54) is 23.9 Å². The molecule has 0 radical (unpaired) electrons. The molecule has 0 saturated carbocycles. The van der Waals surface area contributed by atoms with E-state index in [4.69, 9.17) is 0 Å². The highest BCUT2D eigenvalue weighted by Gasteiger charge is 2.15. The standard InChI is InChI=1S/C15H22N2O2/c1-17-9-7-13-10-12(5-6-14(13)17)11-16-8-3-4-15(18)19-2/h5-6,10,16H,3-4,7-9,11H2,1-2H3. The number of carbonyl (C=O) groups is 1. The van der Waals surface area contributed by atoms with E-state index in [0.717, 1.165) is 32.5 Å². The van der Waals surface area contributed by atoms with Crippen LogP contribution in [0, 0.1) is 0 Å². The van der Waals surface area contributed by atoms with E-state index in [1.807, 2.05) is 0 Å². The second kappa shape index (κ2) is 6.57. The van der Waals surface area contributed by atoms with Crippen molar-refractivity contribution in [1.29, 1.82) is 0 Å². The number of rotatable bonds is 6. The van der Waals surface area contributed by atoms with Crippen molar-refractivity contribution in [2.75, 3.05) is 32.1 Å². The lowest BCUT2D eigenvalue weighted by molar-refractivity contribution is -0.140. The zero-order valence-electron chi connectivity index (χ0n) is 11.7. The molecule has 0 aromatic heterocycles. The Hall–Kier alpha value is -1.55. The summed E-state index contributed by atoms with van der Waals surface area (Å²) in [5.41, 5.74) is 4.11. The van der Waals surface area contributed by atoms with E-state index < -0.39 is 0 Å². The third-order valence-electron chi connectivity index (χ3n) is 3.56. The lowest BCUT2D eigenvalue weighted by Crippen LogP contribution is -2.16. The summed E-state index contributed by atoms with van der Waals surface area (Å²) < 4.78 is 4.60. The Morgan fingerprint density at radius 1 is 1.47 bits per heavy atom. The van der Waals surface area contributed by atoms with Gasteiger partial charge in [0.15, 0.2) is 0 Å². The van der Waals surface area contributed by atoms with Crippen LogP contribution in [0.4, 0.5) is 5.69 Å². The number of hydrogen-bond acceptors (Lipinski definition) is 4. The molecule has 1 aliphatic rings. The second-order valence-corrected chi connectivity index (χ2v) is 4.99. The zero-order chi connectivity index (χ0) is 13.7. The largest absolute Gasteiger partial charge is 0.469 e. The number of likely N-dealkylation sites (N-methyl/N-ethyl adjacent to an activating group) is 1. The Kier molecular flexibility index (Phi) is 4.80. The fourth-order valence-electron chi connectivity index (χ4n) is 2.42. The highest BCUT2D eigenvalue weighted by molar-refractivity contribution is 5.69. The zero-order valence-corrected chi connectivity index (χ0v) is 11.7. The minimum absolute atomic E-state index is 0.137. The fraction of sp³-hybridized carbons (Fsp3) is 0.533. The summed E-state index contributed by atoms with van der Waals surface area (Å²) in [6.45, 7) is 2.82. The van der Waals surface area contributed by atoms with Crippen molar-refractivity contribution >= 4 is 11.7 Å². The van der Waals surface area contributed by atoms with E-state index >= 15 is 0 Å². The van der Waals surface area contributed by atoms with Crippen molar-refractivity contribution in [1.82, 2.24) is 5.32 Å². The van der Waals surface area contributed by atoms with E-state index in [2.05, 4.69) is 40.2 Å². The van der Waals surface area contributed by atoms with E-state index in [-0.39, 0.29) is 5.97 Å². The molecular formula is C15H22N2O2. The number of hydrogen-bond donors (Lipinski definition) is 1. The Balaban J connectivity index is 1.74. The van der Waals surface area contributed by atoms with Gasteiger partial charge in [0.25, 0.3) is 0 Å². The van der Waals surface area contributed by atoms with Crippen LogP contribution in [0.15, 0.2) is 18.2 Å². The first-order valence-corrected chi connectivity index (χ1v) is 6.81. The summed E-state index contributed by atoms with van der Waals surface area (Å²) in [5, 5.41) is 3.36. The van der Waals surface area contributed by atoms with E-state index in [9.17, 15) is 4.79 Å². The Labute approximate surface area is 114 Å². The quantitative estimate of drug-likeness (QED) is 0.626. The molecule has 1 N–H and O–H groups in total. The predicted octanol–water partition coefficient (Wildman–Crippen LogP) is 1.72. The van der Waals surface area contributed by atoms with Crippen LogP contribution in [0.5, 0.6) is 0 Å². The first-order chi connectivity index (χ1) is 9.20. The van der Waals surface area contributed by atoms with Crippen LogP contribution in [-0.4, -0.2) is 33.2 Å². The monoisotopic (exact) mass is 262 g/mol. The molecule has 1 heterocycles. The molecule has 0 fully saturated rings. The molecule has 0 atom stereocenters. The van der Waals surface area contributed by atoms with Crippen molar-refractivity contribution in [2.24, 2.45) is 0 Å². The van der Waals surface area contributed by atoms with Crippen LogP contribution in [0.3, 0.4) is 0 Å². The molecule has 1 aliphatic heterocycles. The lowest BCUT2D eigenvalue weighted by atomic mass is 10.1. The van der Waals surface area contributed by atoms with Crippen molar-refractivity contribution in [3.05, 3.63) is 29.3 Å². The van der Waals surface area contributed by atoms with Gasteiger partial charge < -0.3 is 15.0 Å². The first kappa shape index (κ1) is 13.9. The van der Waals surface area contributed by atoms with Gasteiger partial charge in [-0.25, -0.2) is 0 Å². The van der Waals surface area contributed by atoms with Crippen molar-refractivity contribution in [2.45, 2.75) is 25.8 Å². The van der Waals surface area contributed by atoms with Crippen molar-refractivity contribution < 1.29 is 9.53 Å². The average Bonchev–Trinajstić information content (AvgIpc) is 2.79. The van der Waals surface area contributed by atoms with Gasteiger partial charge in [-0.2, -0.15) is 0 Å². The lowest BCUT2D eigenvalue weighted by Gasteiger charge is -2.12. The SMILES string of the molecule is COC(=O)CCCNCc1ccc2c(c1)CCN2C. The molecule has 104 valence electrons. The van der Waals surface area contributed by atoms with Gasteiger partial charge in [-0.1, -0.05) is 12.1 Å². The fourth-order valence-corrected chi connectivity index (χ4v) is 2.42. The summed E-state index contributed by atoms with van der Waals surface area (Å²) in [4.78, 5) is 13.2. The van der Waals surface area contributed by atoms with Crippen LogP contribution in [0.2, 0.25) is 0 Å². The van der Waals surface area contributed by atoms with Crippen LogP contribution in [0.1, 0.15) is 24.0 Å². The molecule has 0 saturated heterocycles. The highest BCUT2D eigenvalue weighted by atomic mass is 16.5. The van der Waals surface area contributed by atoms with Gasteiger partial charge >= 0.3 is 5.97 Å². The molecule has 0 amide bonds. The van der Waals surface area contributed by atoms with E-state index in [0.29, 0.717) is 6.42 Å². The van der Waals surface area contributed by atoms with Gasteiger partial charge in [-0.3, -0.25) is 4.79 Å². The third kappa shape index (κ3) is 3.70. The summed E-state index contributed by atoms with van der Waals surface area (Å²) in [6.07, 6.45) is 2.45. The minimum atomic E-state index is -0.137. The molecule has 4 nitrogen and oxygen atoms in total. The van der Waals surface area contributed by atoms with Gasteiger partial charge in [0.2, 0.25) is 0 Å². The predicted molar refractivity (Wildman–Crippen MR) is 76.4 cm³/mol. The number of methoxy groups -OCH3 is 1. The molecule has 0 bridgehead atoms. The summed E-state index contributed by atoms with van der Waals surface area (Å²) >= 11 is 0. The molecule has 2 rings (SSSR count). The van der Waals surface area contributed by atoms with Crippen molar-refractivity contribution in [3.63, 3.8) is 0 Å². The Morgan fingerprint density at radius 3 is 3.11 bits per heavy atom. The number of benzene rings is 1. The topological polar surface area (TPSA) is 41.6 Å². The summed E-state index contributed by atoms with van der Waals surface area (Å²) in [7, 11) is 3.56. The number of ether oxygens (including phenoxy) is 1. The molecule has 0 aliphatic carbocycles. The van der Waals surface area contributed by atoms with Crippen LogP contribution >= 0.6 is 0 Å². The van der Waals surface area contributed by atoms with Crippen LogP contribution in [-0.2, 0) is 22.5 Å². The van der Waals surface area contributed by atoms with Crippen molar-refractivity contribution in [3.8, 4) is 0 Å². The normalized spacial score (nSPS) is 13.5. The maximum absolute atomic E-state index is 10.9. The first-order valence-electron chi connectivity index (χ1n) is 6.81. The molecule has 19 heavy (non-hydrogen) atoms. The highest BCUT2D eigenvalue weighted by Crippen LogP contribution is 2.27.